The average Bonchev–Trinajstić information content (AvgIpc) is 3.05. The van der Waals surface area contributed by atoms with Crippen LogP contribution in [0.15, 0.2) is 0 Å². The minimum absolute atomic E-state index is 0.107. The Kier molecular flexibility index (Phi) is 25.2. The number of carbonyl (C=O) groups is 3. The van der Waals surface area contributed by atoms with E-state index in [4.69, 9.17) is 0 Å². The van der Waals surface area contributed by atoms with E-state index in [2.05, 4.69) is 41.5 Å². The van der Waals surface area contributed by atoms with E-state index in [0.717, 1.165) is 88.4 Å². The zero-order valence-corrected chi connectivity index (χ0v) is 34.5. The predicted octanol–water partition coefficient (Wildman–Crippen LogP) is 13.7. The monoisotopic (exact) mass is 721 g/mol. The third-order valence-corrected chi connectivity index (χ3v) is 12.8. The maximum atomic E-state index is 12.4. The maximum Gasteiger partial charge on any atom is 0.303 e. The molecule has 0 spiro atoms. The van der Waals surface area contributed by atoms with Gasteiger partial charge in [-0.15, -0.1) is 0 Å². The lowest BCUT2D eigenvalue weighted by Gasteiger charge is -2.62. The van der Waals surface area contributed by atoms with E-state index in [-0.39, 0.29) is 41.9 Å². The first kappa shape index (κ1) is 47.4. The summed E-state index contributed by atoms with van der Waals surface area (Å²) >= 11 is 0. The zero-order chi connectivity index (χ0) is 38.1. The largest absolute Gasteiger partial charge is 0.481 e. The van der Waals surface area contributed by atoms with Crippen molar-refractivity contribution >= 4 is 17.9 Å². The molecule has 1 rings (SSSR count). The molecule has 0 heterocycles. The fraction of sp³-hybridized carbons (Fsp3) is 0.933. The quantitative estimate of drug-likeness (QED) is 0.0582. The molecule has 0 bridgehead atoms. The summed E-state index contributed by atoms with van der Waals surface area (Å²) in [6.45, 7) is 13.7. The molecule has 300 valence electrons. The lowest BCUT2D eigenvalue weighted by Crippen LogP contribution is -2.54. The Morgan fingerprint density at radius 1 is 0.490 bits per heavy atom. The highest BCUT2D eigenvalue weighted by molar-refractivity contribution is 5.67. The van der Waals surface area contributed by atoms with Crippen LogP contribution in [0.25, 0.3) is 0 Å². The van der Waals surface area contributed by atoms with Crippen molar-refractivity contribution in [2.24, 2.45) is 40.4 Å². The molecule has 0 aromatic rings. The summed E-state index contributed by atoms with van der Waals surface area (Å²) in [6.07, 6.45) is 28.4. The summed E-state index contributed by atoms with van der Waals surface area (Å²) in [5.41, 5.74) is -0.506. The number of rotatable bonds is 33. The molecule has 4 atom stereocenters. The van der Waals surface area contributed by atoms with Crippen molar-refractivity contribution in [2.45, 2.75) is 228 Å². The number of carboxylic acid groups (broad SMARTS) is 3. The molecule has 4 unspecified atom stereocenters. The van der Waals surface area contributed by atoms with Crippen LogP contribution in [0.2, 0.25) is 0 Å². The van der Waals surface area contributed by atoms with Gasteiger partial charge in [0.25, 0.3) is 0 Å². The fourth-order valence-electron chi connectivity index (χ4n) is 10.0. The first-order valence-corrected chi connectivity index (χ1v) is 21.9. The van der Waals surface area contributed by atoms with Gasteiger partial charge in [-0.25, -0.2) is 0 Å². The van der Waals surface area contributed by atoms with Crippen LogP contribution in [0.5, 0.6) is 0 Å². The SMILES string of the molecule is CC(C)CCCCCCCC1C(CCC(=O)O)CCC(CCCCCCCC(C)C)(CCC(=O)O)C1(CCCCCCCC(C)C)CCC(=O)O. The van der Waals surface area contributed by atoms with Crippen LogP contribution in [0.4, 0.5) is 0 Å². The minimum atomic E-state index is -0.767. The standard InChI is InChI=1S/C45H84O6/c1-36(2)22-16-10-7-13-19-25-40-39(26-27-41(46)47)28-33-44(34-29-42(48)49,31-20-14-8-11-17-23-37(3)4)45(40,35-30-43(50)51)32-21-15-9-12-18-24-38(5)6/h36-40H,7-35H2,1-6H3,(H,46,47)(H,48,49)(H,50,51). The van der Waals surface area contributed by atoms with Crippen molar-refractivity contribution in [1.82, 2.24) is 0 Å². The van der Waals surface area contributed by atoms with Gasteiger partial charge in [-0.1, -0.05) is 157 Å². The maximum absolute atomic E-state index is 12.4. The van der Waals surface area contributed by atoms with Crippen molar-refractivity contribution in [2.75, 3.05) is 0 Å². The van der Waals surface area contributed by atoms with Crippen molar-refractivity contribution < 1.29 is 29.7 Å². The molecule has 51 heavy (non-hydrogen) atoms. The van der Waals surface area contributed by atoms with Gasteiger partial charge in [-0.05, 0) is 91.8 Å². The van der Waals surface area contributed by atoms with E-state index in [1.807, 2.05) is 0 Å². The molecular formula is C45H84O6. The molecule has 0 amide bonds. The second-order valence-electron chi connectivity index (χ2n) is 18.2. The summed E-state index contributed by atoms with van der Waals surface area (Å²) < 4.78 is 0. The summed E-state index contributed by atoms with van der Waals surface area (Å²) in [6, 6.07) is 0. The highest BCUT2D eigenvalue weighted by atomic mass is 16.4. The molecule has 0 radical (unpaired) electrons. The van der Waals surface area contributed by atoms with Gasteiger partial charge in [0.15, 0.2) is 0 Å². The first-order chi connectivity index (χ1) is 24.2. The Balaban J connectivity index is 3.51. The van der Waals surface area contributed by atoms with E-state index in [0.29, 0.717) is 19.3 Å². The third kappa shape index (κ3) is 19.9. The lowest BCUT2D eigenvalue weighted by atomic mass is 9.43. The summed E-state index contributed by atoms with van der Waals surface area (Å²) in [4.78, 5) is 36.6. The number of aliphatic carboxylic acids is 3. The normalized spacial score (nSPS) is 22.3. The Hall–Kier alpha value is -1.59. The van der Waals surface area contributed by atoms with Crippen molar-refractivity contribution in [3.05, 3.63) is 0 Å². The molecule has 1 aliphatic carbocycles. The van der Waals surface area contributed by atoms with Gasteiger partial charge in [0.2, 0.25) is 0 Å². The summed E-state index contributed by atoms with van der Waals surface area (Å²) in [7, 11) is 0. The van der Waals surface area contributed by atoms with Gasteiger partial charge in [0.05, 0.1) is 0 Å². The molecular weight excluding hydrogens is 636 g/mol. The molecule has 0 aliphatic heterocycles. The highest BCUT2D eigenvalue weighted by Crippen LogP contribution is 2.66. The molecule has 0 aromatic heterocycles. The Morgan fingerprint density at radius 3 is 1.37 bits per heavy atom. The van der Waals surface area contributed by atoms with Crippen molar-refractivity contribution in [3.63, 3.8) is 0 Å². The van der Waals surface area contributed by atoms with Crippen LogP contribution in [-0.4, -0.2) is 33.2 Å². The van der Waals surface area contributed by atoms with E-state index in [1.165, 1.54) is 77.0 Å². The molecule has 1 aliphatic rings. The molecule has 0 aromatic carbocycles. The van der Waals surface area contributed by atoms with Crippen LogP contribution < -0.4 is 0 Å². The molecule has 0 saturated heterocycles. The van der Waals surface area contributed by atoms with E-state index in [9.17, 15) is 29.7 Å². The molecule has 3 N–H and O–H groups in total. The second kappa shape index (κ2) is 27.1. The zero-order valence-electron chi connectivity index (χ0n) is 34.5. The fourth-order valence-corrected chi connectivity index (χ4v) is 10.0. The van der Waals surface area contributed by atoms with Crippen LogP contribution in [0.1, 0.15) is 228 Å². The second-order valence-corrected chi connectivity index (χ2v) is 18.2. The van der Waals surface area contributed by atoms with Gasteiger partial charge in [0, 0.05) is 19.3 Å². The molecule has 1 saturated carbocycles. The van der Waals surface area contributed by atoms with Crippen molar-refractivity contribution in [3.8, 4) is 0 Å². The number of carboxylic acids is 3. The molecule has 1 fully saturated rings. The van der Waals surface area contributed by atoms with Gasteiger partial charge in [0.1, 0.15) is 0 Å². The van der Waals surface area contributed by atoms with Crippen molar-refractivity contribution in [1.29, 1.82) is 0 Å². The third-order valence-electron chi connectivity index (χ3n) is 12.8. The van der Waals surface area contributed by atoms with Crippen LogP contribution >= 0.6 is 0 Å². The van der Waals surface area contributed by atoms with E-state index >= 15 is 0 Å². The minimum Gasteiger partial charge on any atom is -0.481 e. The van der Waals surface area contributed by atoms with Crippen LogP contribution in [-0.2, 0) is 14.4 Å². The first-order valence-electron chi connectivity index (χ1n) is 21.9. The van der Waals surface area contributed by atoms with Gasteiger partial charge >= 0.3 is 17.9 Å². The topological polar surface area (TPSA) is 112 Å². The van der Waals surface area contributed by atoms with E-state index in [1.54, 1.807) is 0 Å². The van der Waals surface area contributed by atoms with E-state index < -0.39 is 17.9 Å². The highest BCUT2D eigenvalue weighted by Gasteiger charge is 2.58. The summed E-state index contributed by atoms with van der Waals surface area (Å²) in [5, 5.41) is 30.1. The lowest BCUT2D eigenvalue weighted by molar-refractivity contribution is -0.153. The summed E-state index contributed by atoms with van der Waals surface area (Å²) in [5.74, 6) is 0.376. The Labute approximate surface area is 315 Å². The Morgan fingerprint density at radius 2 is 0.902 bits per heavy atom. The van der Waals surface area contributed by atoms with Crippen LogP contribution in [0, 0.1) is 40.4 Å². The van der Waals surface area contributed by atoms with Gasteiger partial charge in [-0.2, -0.15) is 0 Å². The number of hydrogen-bond acceptors (Lipinski definition) is 3. The number of unbranched alkanes of at least 4 members (excludes halogenated alkanes) is 12. The smallest absolute Gasteiger partial charge is 0.303 e. The number of hydrogen-bond donors (Lipinski definition) is 3. The Bertz CT molecular complexity index is 928. The van der Waals surface area contributed by atoms with Gasteiger partial charge < -0.3 is 15.3 Å². The molecule has 6 heteroatoms. The molecule has 6 nitrogen and oxygen atoms in total. The van der Waals surface area contributed by atoms with Gasteiger partial charge in [-0.3, -0.25) is 14.4 Å². The van der Waals surface area contributed by atoms with Crippen LogP contribution in [0.3, 0.4) is 0 Å². The average molecular weight is 721 g/mol. The predicted molar refractivity (Wildman–Crippen MR) is 213 cm³/mol.